The molecule has 0 spiro atoms. The zero-order valence-electron chi connectivity index (χ0n) is 8.04. The first-order chi connectivity index (χ1) is 7.83. The summed E-state index contributed by atoms with van der Waals surface area (Å²) in [6.45, 7) is -0.892. The number of benzene rings is 1. The average molecular weight is 320 g/mol. The minimum Gasteiger partial charge on any atom is -0.232 e. The summed E-state index contributed by atoms with van der Waals surface area (Å²) in [5, 5.41) is 0.0773. The van der Waals surface area contributed by atoms with Gasteiger partial charge in [-0.3, -0.25) is 0 Å². The van der Waals surface area contributed by atoms with E-state index in [-0.39, 0.29) is 14.9 Å². The number of hydrogen-bond donors (Lipinski definition) is 1. The normalized spacial score (nSPS) is 12.5. The van der Waals surface area contributed by atoms with Crippen LogP contribution in [0.5, 0.6) is 0 Å². The highest BCUT2D eigenvalue weighted by molar-refractivity contribution is 7.86. The summed E-state index contributed by atoms with van der Waals surface area (Å²) in [5.74, 6) is 0. The van der Waals surface area contributed by atoms with Crippen LogP contribution in [0, 0.1) is 0 Å². The Kier molecular flexibility index (Phi) is 5.27. The summed E-state index contributed by atoms with van der Waals surface area (Å²) >= 11 is 11.3. The molecule has 1 unspecified atom stereocenters. The van der Waals surface area contributed by atoms with Crippen molar-refractivity contribution in [3.63, 3.8) is 0 Å². The van der Waals surface area contributed by atoms with Crippen molar-refractivity contribution in [2.75, 3.05) is 6.79 Å². The van der Waals surface area contributed by atoms with Crippen LogP contribution >= 0.6 is 31.5 Å². The summed E-state index contributed by atoms with van der Waals surface area (Å²) in [4.78, 5) is 7.94. The molecule has 10 heteroatoms. The van der Waals surface area contributed by atoms with Crippen LogP contribution in [-0.2, 0) is 23.4 Å². The molecule has 1 rings (SSSR count). The number of halogens is 2. The molecule has 0 heterocycles. The number of hydrogen-bond acceptors (Lipinski definition) is 5. The van der Waals surface area contributed by atoms with Crippen molar-refractivity contribution < 1.29 is 26.6 Å². The molecule has 1 aromatic carbocycles. The Morgan fingerprint density at radius 3 is 2.59 bits per heavy atom. The molecule has 0 radical (unpaired) electrons. The monoisotopic (exact) mass is 319 g/mol. The van der Waals surface area contributed by atoms with E-state index in [1.807, 2.05) is 0 Å². The topological polar surface area (TPSA) is 89.9 Å². The molecule has 0 aromatic heterocycles. The first-order valence-corrected chi connectivity index (χ1v) is 7.26. The SMILES string of the molecule is O=[P+](O)OCOS(=O)(=O)c1cc(Cl)ccc1Cl. The molecule has 94 valence electrons. The van der Waals surface area contributed by atoms with Crippen LogP contribution in [0.15, 0.2) is 23.1 Å². The van der Waals surface area contributed by atoms with Gasteiger partial charge in [0.25, 0.3) is 0 Å². The minimum absolute atomic E-state index is 0.0808. The Morgan fingerprint density at radius 2 is 2.00 bits per heavy atom. The molecular weight excluding hydrogens is 314 g/mol. The van der Waals surface area contributed by atoms with Crippen LogP contribution in [0.2, 0.25) is 10.0 Å². The molecule has 0 aliphatic heterocycles. The highest BCUT2D eigenvalue weighted by atomic mass is 35.5. The highest BCUT2D eigenvalue weighted by Crippen LogP contribution is 2.27. The van der Waals surface area contributed by atoms with Gasteiger partial charge >= 0.3 is 18.4 Å². The van der Waals surface area contributed by atoms with E-state index in [9.17, 15) is 13.0 Å². The molecule has 0 saturated heterocycles. The van der Waals surface area contributed by atoms with E-state index in [1.165, 1.54) is 12.1 Å². The van der Waals surface area contributed by atoms with Crippen molar-refractivity contribution in [3.05, 3.63) is 28.2 Å². The lowest BCUT2D eigenvalue weighted by Crippen LogP contribution is -2.08. The maximum Gasteiger partial charge on any atom is 0.697 e. The van der Waals surface area contributed by atoms with Gasteiger partial charge in [0.15, 0.2) is 0 Å². The molecule has 1 atom stereocenters. The Labute approximate surface area is 108 Å². The summed E-state index contributed by atoms with van der Waals surface area (Å²) < 4.78 is 41.7. The average Bonchev–Trinajstić information content (AvgIpc) is 2.20. The first-order valence-electron chi connectivity index (χ1n) is 3.96. The van der Waals surface area contributed by atoms with Crippen LogP contribution < -0.4 is 0 Å². The summed E-state index contributed by atoms with van der Waals surface area (Å²) in [7, 11) is -7.12. The third-order valence-corrected chi connectivity index (χ3v) is 3.81. The van der Waals surface area contributed by atoms with Gasteiger partial charge in [0.05, 0.1) is 5.02 Å². The third-order valence-electron chi connectivity index (χ3n) is 1.53. The van der Waals surface area contributed by atoms with Crippen LogP contribution in [-0.4, -0.2) is 20.1 Å². The number of rotatable bonds is 5. The Morgan fingerprint density at radius 1 is 1.35 bits per heavy atom. The molecule has 17 heavy (non-hydrogen) atoms. The zero-order chi connectivity index (χ0) is 13.1. The van der Waals surface area contributed by atoms with Gasteiger partial charge in [-0.15, -0.1) is 4.89 Å². The van der Waals surface area contributed by atoms with Crippen molar-refractivity contribution >= 4 is 41.6 Å². The van der Waals surface area contributed by atoms with Gasteiger partial charge in [0.2, 0.25) is 6.79 Å². The van der Waals surface area contributed by atoms with Crippen molar-refractivity contribution in [2.45, 2.75) is 4.90 Å². The zero-order valence-corrected chi connectivity index (χ0v) is 11.3. The largest absolute Gasteiger partial charge is 0.697 e. The van der Waals surface area contributed by atoms with E-state index in [1.54, 1.807) is 0 Å². The maximum atomic E-state index is 11.6. The Balaban J connectivity index is 2.89. The predicted molar refractivity (Wildman–Crippen MR) is 60.5 cm³/mol. The van der Waals surface area contributed by atoms with E-state index in [2.05, 4.69) is 8.71 Å². The lowest BCUT2D eigenvalue weighted by molar-refractivity contribution is 0.121. The second kappa shape index (κ2) is 6.06. The Hall–Kier alpha value is -0.270. The van der Waals surface area contributed by atoms with Crippen LogP contribution in [0.4, 0.5) is 0 Å². The molecule has 1 aromatic rings. The van der Waals surface area contributed by atoms with Crippen molar-refractivity contribution in [1.82, 2.24) is 0 Å². The molecule has 0 amide bonds. The van der Waals surface area contributed by atoms with Crippen molar-refractivity contribution in [2.24, 2.45) is 0 Å². The smallest absolute Gasteiger partial charge is 0.232 e. The van der Waals surface area contributed by atoms with Gasteiger partial charge < -0.3 is 0 Å². The van der Waals surface area contributed by atoms with Crippen LogP contribution in [0.3, 0.4) is 0 Å². The lowest BCUT2D eigenvalue weighted by atomic mass is 10.4. The molecule has 0 bridgehead atoms. The van der Waals surface area contributed by atoms with Gasteiger partial charge in [-0.1, -0.05) is 27.7 Å². The molecule has 0 fully saturated rings. The van der Waals surface area contributed by atoms with Gasteiger partial charge in [-0.25, -0.2) is 4.18 Å². The Bertz CT molecular complexity index is 531. The third kappa shape index (κ3) is 4.48. The van der Waals surface area contributed by atoms with Crippen LogP contribution in [0.1, 0.15) is 0 Å². The maximum absolute atomic E-state index is 11.6. The molecule has 0 saturated carbocycles. The fraction of sp³-hybridized carbons (Fsp3) is 0.143. The molecule has 0 aliphatic rings. The predicted octanol–water partition coefficient (Wildman–Crippen LogP) is 2.32. The summed E-state index contributed by atoms with van der Waals surface area (Å²) in [5.41, 5.74) is 0. The molecular formula is C7H6Cl2O6PS+. The molecule has 6 nitrogen and oxygen atoms in total. The van der Waals surface area contributed by atoms with Gasteiger partial charge in [0, 0.05) is 9.59 Å². The quantitative estimate of drug-likeness (QED) is 0.509. The van der Waals surface area contributed by atoms with E-state index in [0.717, 1.165) is 6.07 Å². The van der Waals surface area contributed by atoms with Crippen LogP contribution in [0.25, 0.3) is 0 Å². The van der Waals surface area contributed by atoms with Crippen molar-refractivity contribution in [1.29, 1.82) is 0 Å². The summed E-state index contributed by atoms with van der Waals surface area (Å²) in [6.07, 6.45) is 0. The van der Waals surface area contributed by atoms with Gasteiger partial charge in [0.1, 0.15) is 4.90 Å². The minimum atomic E-state index is -4.19. The van der Waals surface area contributed by atoms with E-state index < -0.39 is 25.2 Å². The van der Waals surface area contributed by atoms with E-state index >= 15 is 0 Å². The molecule has 1 N–H and O–H groups in total. The first kappa shape index (κ1) is 14.8. The molecule has 0 aliphatic carbocycles. The standard InChI is InChI=1S/C7H5Cl2O6PS/c8-5-1-2-6(9)7(3-5)17(12,13)15-4-14-16(10)11/h1-3H,4H2/p+1. The second-order valence-corrected chi connectivity index (χ2v) is 5.79. The highest BCUT2D eigenvalue weighted by Gasteiger charge is 2.22. The van der Waals surface area contributed by atoms with Crippen molar-refractivity contribution in [3.8, 4) is 0 Å². The fourth-order valence-corrected chi connectivity index (χ4v) is 2.59. The summed E-state index contributed by atoms with van der Waals surface area (Å²) in [6, 6.07) is 3.79. The van der Waals surface area contributed by atoms with Gasteiger partial charge in [-0.05, 0) is 18.2 Å². The van der Waals surface area contributed by atoms with E-state index in [4.69, 9.17) is 28.1 Å². The lowest BCUT2D eigenvalue weighted by Gasteiger charge is -2.04. The second-order valence-electron chi connectivity index (χ2n) is 2.63. The van der Waals surface area contributed by atoms with E-state index in [0.29, 0.717) is 0 Å². The fourth-order valence-electron chi connectivity index (χ4n) is 0.862. The van der Waals surface area contributed by atoms with Gasteiger partial charge in [-0.2, -0.15) is 8.42 Å².